The molecule has 0 aromatic heterocycles. The fourth-order valence-electron chi connectivity index (χ4n) is 1.97. The molecule has 0 atom stereocenters. The molecule has 1 fully saturated rings. The van der Waals surface area contributed by atoms with Crippen molar-refractivity contribution in [1.29, 1.82) is 0 Å². The van der Waals surface area contributed by atoms with Crippen LogP contribution in [0.1, 0.15) is 0 Å². The van der Waals surface area contributed by atoms with Gasteiger partial charge in [0.1, 0.15) is 5.82 Å². The molecule has 20 heavy (non-hydrogen) atoms. The highest BCUT2D eigenvalue weighted by atomic mass is 35.5. The van der Waals surface area contributed by atoms with Gasteiger partial charge in [0.15, 0.2) is 0 Å². The van der Waals surface area contributed by atoms with Crippen LogP contribution >= 0.6 is 11.6 Å². The Hall–Kier alpha value is -0.890. The van der Waals surface area contributed by atoms with E-state index in [1.807, 2.05) is 0 Å². The zero-order chi connectivity index (χ0) is 14.6. The van der Waals surface area contributed by atoms with E-state index in [0.29, 0.717) is 6.54 Å². The van der Waals surface area contributed by atoms with Crippen molar-refractivity contribution in [1.82, 2.24) is 10.2 Å². The molecule has 1 saturated heterocycles. The first-order valence-electron chi connectivity index (χ1n) is 6.35. The molecular formula is C12H17ClFN3O2S. The summed E-state index contributed by atoms with van der Waals surface area (Å²) in [5.74, 6) is -0.514. The normalized spacial score (nSPS) is 17.1. The minimum atomic E-state index is -3.49. The fourth-order valence-corrected chi connectivity index (χ4v) is 3.36. The van der Waals surface area contributed by atoms with E-state index in [1.165, 1.54) is 12.1 Å². The molecule has 0 bridgehead atoms. The van der Waals surface area contributed by atoms with E-state index in [2.05, 4.69) is 14.9 Å². The second kappa shape index (κ2) is 6.71. The van der Waals surface area contributed by atoms with Gasteiger partial charge in [0.05, 0.1) is 16.5 Å². The molecule has 2 rings (SSSR count). The van der Waals surface area contributed by atoms with Crippen molar-refractivity contribution in [2.75, 3.05) is 43.2 Å². The monoisotopic (exact) mass is 321 g/mol. The number of benzene rings is 1. The Morgan fingerprint density at radius 3 is 2.70 bits per heavy atom. The largest absolute Gasteiger partial charge is 0.314 e. The topological polar surface area (TPSA) is 61.4 Å². The molecular weight excluding hydrogens is 305 g/mol. The van der Waals surface area contributed by atoms with Crippen molar-refractivity contribution in [3.63, 3.8) is 0 Å². The summed E-state index contributed by atoms with van der Waals surface area (Å²) in [4.78, 5) is 2.09. The van der Waals surface area contributed by atoms with Gasteiger partial charge in [-0.15, -0.1) is 0 Å². The number of rotatable bonds is 5. The van der Waals surface area contributed by atoms with Crippen molar-refractivity contribution in [2.24, 2.45) is 0 Å². The van der Waals surface area contributed by atoms with Crippen LogP contribution < -0.4 is 10.0 Å². The van der Waals surface area contributed by atoms with E-state index in [0.717, 1.165) is 32.2 Å². The van der Waals surface area contributed by atoms with Crippen LogP contribution in [0.5, 0.6) is 0 Å². The molecule has 1 aromatic carbocycles. The first-order valence-corrected chi connectivity index (χ1v) is 8.38. The summed E-state index contributed by atoms with van der Waals surface area (Å²) < 4.78 is 39.2. The molecule has 0 unspecified atom stereocenters. The SMILES string of the molecule is O=S(=O)(CCN1CCNCC1)Nc1ccc(F)cc1Cl. The first-order chi connectivity index (χ1) is 9.46. The maximum atomic E-state index is 12.9. The molecule has 1 heterocycles. The Balaban J connectivity index is 1.93. The molecule has 0 radical (unpaired) electrons. The molecule has 0 aliphatic carbocycles. The van der Waals surface area contributed by atoms with E-state index in [-0.39, 0.29) is 16.5 Å². The summed E-state index contributed by atoms with van der Waals surface area (Å²) in [7, 11) is -3.49. The maximum Gasteiger partial charge on any atom is 0.234 e. The molecule has 8 heteroatoms. The Kier molecular flexibility index (Phi) is 5.20. The Morgan fingerprint density at radius 2 is 2.05 bits per heavy atom. The number of sulfonamides is 1. The van der Waals surface area contributed by atoms with Gasteiger partial charge in [-0.25, -0.2) is 12.8 Å². The minimum absolute atomic E-state index is 0.0132. The van der Waals surface area contributed by atoms with Crippen LogP contribution in [-0.4, -0.2) is 51.8 Å². The average molecular weight is 322 g/mol. The molecule has 1 aliphatic heterocycles. The summed E-state index contributed by atoms with van der Waals surface area (Å²) in [5, 5.41) is 3.26. The lowest BCUT2D eigenvalue weighted by Gasteiger charge is -2.26. The molecule has 0 saturated carbocycles. The van der Waals surface area contributed by atoms with Crippen molar-refractivity contribution in [3.8, 4) is 0 Å². The highest BCUT2D eigenvalue weighted by molar-refractivity contribution is 7.92. The van der Waals surface area contributed by atoms with Crippen LogP contribution in [0.15, 0.2) is 18.2 Å². The summed E-state index contributed by atoms with van der Waals surface area (Å²) in [6.07, 6.45) is 0. The van der Waals surface area contributed by atoms with Crippen molar-refractivity contribution in [2.45, 2.75) is 0 Å². The van der Waals surface area contributed by atoms with Crippen molar-refractivity contribution in [3.05, 3.63) is 29.0 Å². The highest BCUT2D eigenvalue weighted by Crippen LogP contribution is 2.23. The third-order valence-corrected chi connectivity index (χ3v) is 4.65. The molecule has 0 amide bonds. The van der Waals surface area contributed by atoms with E-state index in [4.69, 9.17) is 11.6 Å². The van der Waals surface area contributed by atoms with Crippen LogP contribution in [0.3, 0.4) is 0 Å². The van der Waals surface area contributed by atoms with E-state index in [9.17, 15) is 12.8 Å². The predicted octanol–water partition coefficient (Wildman–Crippen LogP) is 1.13. The van der Waals surface area contributed by atoms with Crippen LogP contribution in [0.2, 0.25) is 5.02 Å². The number of nitrogens with zero attached hydrogens (tertiary/aromatic N) is 1. The van der Waals surface area contributed by atoms with Gasteiger partial charge in [-0.05, 0) is 18.2 Å². The van der Waals surface area contributed by atoms with Crippen LogP contribution in [0.25, 0.3) is 0 Å². The maximum absolute atomic E-state index is 12.9. The van der Waals surface area contributed by atoms with Gasteiger partial charge in [-0.3, -0.25) is 9.62 Å². The number of nitrogens with one attached hydrogen (secondary N) is 2. The average Bonchev–Trinajstić information content (AvgIpc) is 2.41. The van der Waals surface area contributed by atoms with Gasteiger partial charge in [0.25, 0.3) is 0 Å². The molecule has 1 aromatic rings. The third kappa shape index (κ3) is 4.59. The second-order valence-corrected chi connectivity index (χ2v) is 6.89. The second-order valence-electron chi connectivity index (χ2n) is 4.64. The summed E-state index contributed by atoms with van der Waals surface area (Å²) in [5.41, 5.74) is 0.202. The first kappa shape index (κ1) is 15.5. The summed E-state index contributed by atoms with van der Waals surface area (Å²) in [6, 6.07) is 3.57. The predicted molar refractivity (Wildman–Crippen MR) is 78.1 cm³/mol. The molecule has 2 N–H and O–H groups in total. The van der Waals surface area contributed by atoms with Crippen LogP contribution in [0.4, 0.5) is 10.1 Å². The number of halogens is 2. The molecule has 5 nitrogen and oxygen atoms in total. The fraction of sp³-hybridized carbons (Fsp3) is 0.500. The zero-order valence-electron chi connectivity index (χ0n) is 10.9. The number of piperazine rings is 1. The third-order valence-electron chi connectivity index (χ3n) is 3.08. The summed E-state index contributed by atoms with van der Waals surface area (Å²) >= 11 is 5.80. The van der Waals surface area contributed by atoms with E-state index < -0.39 is 15.8 Å². The Bertz CT molecular complexity index is 562. The standard InChI is InChI=1S/C12H17ClFN3O2S/c13-11-9-10(14)1-2-12(11)16-20(18,19)8-7-17-5-3-15-4-6-17/h1-2,9,15-16H,3-8H2. The Morgan fingerprint density at radius 1 is 1.35 bits per heavy atom. The number of hydrogen-bond donors (Lipinski definition) is 2. The van der Waals surface area contributed by atoms with Gasteiger partial charge >= 0.3 is 0 Å². The lowest BCUT2D eigenvalue weighted by molar-refractivity contribution is 0.254. The van der Waals surface area contributed by atoms with Crippen LogP contribution in [-0.2, 0) is 10.0 Å². The lowest BCUT2D eigenvalue weighted by Crippen LogP contribution is -2.45. The summed E-state index contributed by atoms with van der Waals surface area (Å²) in [6.45, 7) is 3.89. The van der Waals surface area contributed by atoms with Gasteiger partial charge in [-0.1, -0.05) is 11.6 Å². The zero-order valence-corrected chi connectivity index (χ0v) is 12.5. The van der Waals surface area contributed by atoms with Gasteiger partial charge in [-0.2, -0.15) is 0 Å². The number of hydrogen-bond acceptors (Lipinski definition) is 4. The van der Waals surface area contributed by atoms with E-state index >= 15 is 0 Å². The number of anilines is 1. The van der Waals surface area contributed by atoms with Crippen molar-refractivity contribution >= 4 is 27.3 Å². The quantitative estimate of drug-likeness (QED) is 0.853. The molecule has 112 valence electrons. The van der Waals surface area contributed by atoms with Gasteiger partial charge in [0.2, 0.25) is 10.0 Å². The van der Waals surface area contributed by atoms with Gasteiger partial charge < -0.3 is 5.32 Å². The minimum Gasteiger partial charge on any atom is -0.314 e. The smallest absolute Gasteiger partial charge is 0.234 e. The van der Waals surface area contributed by atoms with Crippen molar-refractivity contribution < 1.29 is 12.8 Å². The highest BCUT2D eigenvalue weighted by Gasteiger charge is 2.16. The molecule has 1 aliphatic rings. The van der Waals surface area contributed by atoms with E-state index in [1.54, 1.807) is 0 Å². The van der Waals surface area contributed by atoms with Crippen LogP contribution in [0, 0.1) is 5.82 Å². The molecule has 0 spiro atoms. The Labute approximate surface area is 123 Å². The van der Waals surface area contributed by atoms with Gasteiger partial charge in [0, 0.05) is 32.7 Å². The lowest BCUT2D eigenvalue weighted by atomic mass is 10.3.